The highest BCUT2D eigenvalue weighted by molar-refractivity contribution is 6.00. The first kappa shape index (κ1) is 21.2. The third kappa shape index (κ3) is 3.74. The number of aromatic nitrogens is 3. The Labute approximate surface area is 183 Å². The van der Waals surface area contributed by atoms with Crippen molar-refractivity contribution in [3.8, 4) is 0 Å². The Bertz CT molecular complexity index is 1530. The second-order valence-corrected chi connectivity index (χ2v) is 6.94. The lowest BCUT2D eigenvalue weighted by Gasteiger charge is -2.12. The molecule has 2 heterocycles. The summed E-state index contributed by atoms with van der Waals surface area (Å²) in [5.41, 5.74) is 9.21. The average molecular weight is 449 g/mol. The van der Waals surface area contributed by atoms with Crippen LogP contribution in [0.15, 0.2) is 46.2 Å². The van der Waals surface area contributed by atoms with Crippen molar-refractivity contribution in [1.29, 1.82) is 0 Å². The van der Waals surface area contributed by atoms with Crippen LogP contribution < -0.4 is 33.0 Å². The van der Waals surface area contributed by atoms with Crippen molar-refractivity contribution >= 4 is 40.5 Å². The molecule has 2 amide bonds. The number of nitrogens with zero attached hydrogens (tertiary/aromatic N) is 3. The second kappa shape index (κ2) is 7.88. The van der Waals surface area contributed by atoms with Gasteiger partial charge >= 0.3 is 5.97 Å². The van der Waals surface area contributed by atoms with Crippen LogP contribution in [0, 0.1) is 0 Å². The van der Waals surface area contributed by atoms with Gasteiger partial charge in [0.15, 0.2) is 11.3 Å². The number of hydrogen-bond acceptors (Lipinski definition) is 9. The highest BCUT2D eigenvalue weighted by Gasteiger charge is 2.21. The predicted molar refractivity (Wildman–Crippen MR) is 115 cm³/mol. The Morgan fingerprint density at radius 1 is 1.12 bits per heavy atom. The number of nitrogens with one attached hydrogen (secondary N) is 2. The van der Waals surface area contributed by atoms with Gasteiger partial charge in [-0.05, 0) is 17.7 Å². The first-order valence-corrected chi connectivity index (χ1v) is 9.31. The smallest absolute Gasteiger partial charge is 0.353 e. The van der Waals surface area contributed by atoms with E-state index in [2.05, 4.69) is 20.6 Å². The van der Waals surface area contributed by atoms with Gasteiger partial charge in [-0.3, -0.25) is 23.6 Å². The molecule has 0 spiro atoms. The van der Waals surface area contributed by atoms with E-state index < -0.39 is 28.6 Å². The number of rotatable bonds is 7. The van der Waals surface area contributed by atoms with Gasteiger partial charge < -0.3 is 27.2 Å². The molecule has 166 valence electrons. The van der Waals surface area contributed by atoms with Crippen molar-refractivity contribution in [3.63, 3.8) is 0 Å². The lowest BCUT2D eigenvalue weighted by Crippen LogP contribution is -2.36. The van der Waals surface area contributed by atoms with Crippen LogP contribution in [0.4, 0.5) is 17.1 Å². The Morgan fingerprint density at radius 3 is 2.55 bits per heavy atom. The number of nitrogens with two attached hydrogens (primary N) is 2. The number of nitrogen functional groups attached to an aromatic ring is 1. The largest absolute Gasteiger partial charge is 0.477 e. The molecule has 4 aromatic rings. The topological polar surface area (TPSA) is 212 Å². The van der Waals surface area contributed by atoms with Gasteiger partial charge in [-0.15, -0.1) is 0 Å². The van der Waals surface area contributed by atoms with E-state index in [4.69, 9.17) is 11.5 Å². The van der Waals surface area contributed by atoms with E-state index in [1.807, 2.05) is 0 Å². The highest BCUT2D eigenvalue weighted by Crippen LogP contribution is 2.19. The van der Waals surface area contributed by atoms with E-state index in [9.17, 15) is 29.1 Å². The second-order valence-electron chi connectivity index (χ2n) is 6.94. The molecule has 0 aliphatic heterocycles. The molecule has 0 aliphatic carbocycles. The van der Waals surface area contributed by atoms with Crippen molar-refractivity contribution in [2.75, 3.05) is 11.1 Å². The van der Waals surface area contributed by atoms with Crippen molar-refractivity contribution in [2.45, 2.75) is 6.54 Å². The molecular weight excluding hydrogens is 434 g/mol. The first-order chi connectivity index (χ1) is 15.7. The normalized spacial score (nSPS) is 10.9. The minimum atomic E-state index is -1.36. The molecule has 2 aromatic carbocycles. The van der Waals surface area contributed by atoms with E-state index in [0.717, 1.165) is 16.8 Å². The molecule has 13 heteroatoms. The summed E-state index contributed by atoms with van der Waals surface area (Å²) in [6, 6.07) is 7.66. The number of imidazole rings is 1. The van der Waals surface area contributed by atoms with Gasteiger partial charge in [-0.1, -0.05) is 12.1 Å². The number of amides is 2. The predicted octanol–water partition coefficient (Wildman–Crippen LogP) is -0.622. The number of carbonyl (C=O) groups excluding carboxylic acids is 2. The van der Waals surface area contributed by atoms with Crippen molar-refractivity contribution in [2.24, 2.45) is 5.73 Å². The summed E-state index contributed by atoms with van der Waals surface area (Å²) in [6.45, 7) is 0.0208. The number of benzene rings is 1. The van der Waals surface area contributed by atoms with Gasteiger partial charge in [0.05, 0.1) is 0 Å². The number of carbonyl (C=O) groups is 3. The van der Waals surface area contributed by atoms with Crippen LogP contribution >= 0.6 is 0 Å². The van der Waals surface area contributed by atoms with Crippen LogP contribution in [0.2, 0.25) is 0 Å². The molecule has 0 atom stereocenters. The Hall–Kier alpha value is -5.07. The molecule has 0 unspecified atom stereocenters. The van der Waals surface area contributed by atoms with Crippen molar-refractivity contribution in [1.82, 2.24) is 19.7 Å². The zero-order valence-corrected chi connectivity index (χ0v) is 16.7. The van der Waals surface area contributed by atoms with Gasteiger partial charge in [0.2, 0.25) is 0 Å². The summed E-state index contributed by atoms with van der Waals surface area (Å²) < 4.78 is 1.04. The zero-order chi connectivity index (χ0) is 23.9. The summed E-state index contributed by atoms with van der Waals surface area (Å²) >= 11 is 0. The lowest BCUT2D eigenvalue weighted by atomic mass is 10.1. The number of aromatic carboxylic acids is 1. The number of anilines is 3. The molecule has 0 aliphatic rings. The molecule has 4 rings (SSSR count). The summed E-state index contributed by atoms with van der Waals surface area (Å²) in [7, 11) is 0. The van der Waals surface area contributed by atoms with Gasteiger partial charge in [0.25, 0.3) is 22.7 Å². The molecule has 13 nitrogen and oxygen atoms in total. The number of fused-ring (bicyclic) bond motifs is 1. The SMILES string of the molecule is NC(=O)c1ncn2c(C(=O)O)cc(C(=O)NCc3cccc(Nc4c(N)c(=O)c4=O)c3)nc12. The number of carboxylic acid groups (broad SMARTS) is 1. The fraction of sp³-hybridized carbons (Fsp3) is 0.0500. The third-order valence-corrected chi connectivity index (χ3v) is 4.78. The molecule has 0 fully saturated rings. The fourth-order valence-electron chi connectivity index (χ4n) is 3.13. The van der Waals surface area contributed by atoms with Crippen LogP contribution in [0.25, 0.3) is 5.65 Å². The molecule has 33 heavy (non-hydrogen) atoms. The van der Waals surface area contributed by atoms with Crippen LogP contribution in [-0.2, 0) is 6.54 Å². The summed E-state index contributed by atoms with van der Waals surface area (Å²) in [5, 5.41) is 14.8. The third-order valence-electron chi connectivity index (χ3n) is 4.78. The molecular formula is C20H15N7O6. The number of hydrogen-bond donors (Lipinski definition) is 5. The number of carboxylic acids is 1. The maximum absolute atomic E-state index is 12.6. The Morgan fingerprint density at radius 2 is 1.88 bits per heavy atom. The van der Waals surface area contributed by atoms with Gasteiger partial charge in [0.1, 0.15) is 29.1 Å². The molecule has 0 bridgehead atoms. The fourth-order valence-corrected chi connectivity index (χ4v) is 3.13. The van der Waals surface area contributed by atoms with Gasteiger partial charge in [-0.2, -0.15) is 0 Å². The Kier molecular flexibility index (Phi) is 5.06. The van der Waals surface area contributed by atoms with E-state index in [-0.39, 0.29) is 40.6 Å². The van der Waals surface area contributed by atoms with Crippen LogP contribution in [-0.4, -0.2) is 37.3 Å². The highest BCUT2D eigenvalue weighted by atomic mass is 16.4. The zero-order valence-electron chi connectivity index (χ0n) is 16.7. The van der Waals surface area contributed by atoms with E-state index >= 15 is 0 Å². The molecule has 0 radical (unpaired) electrons. The molecule has 0 saturated carbocycles. The maximum Gasteiger partial charge on any atom is 0.353 e. The van der Waals surface area contributed by atoms with Crippen LogP contribution in [0.3, 0.4) is 0 Å². The number of primary amides is 1. The summed E-state index contributed by atoms with van der Waals surface area (Å²) in [6.07, 6.45) is 1.08. The van der Waals surface area contributed by atoms with Crippen molar-refractivity contribution in [3.05, 3.63) is 79.8 Å². The first-order valence-electron chi connectivity index (χ1n) is 9.31. The van der Waals surface area contributed by atoms with Crippen molar-refractivity contribution < 1.29 is 19.5 Å². The maximum atomic E-state index is 12.6. The van der Waals surface area contributed by atoms with Crippen LogP contribution in [0.1, 0.15) is 37.0 Å². The molecule has 7 N–H and O–H groups in total. The van der Waals surface area contributed by atoms with E-state index in [1.54, 1.807) is 24.3 Å². The molecule has 2 aromatic heterocycles. The lowest BCUT2D eigenvalue weighted by molar-refractivity contribution is 0.0688. The summed E-state index contributed by atoms with van der Waals surface area (Å²) in [4.78, 5) is 66.4. The van der Waals surface area contributed by atoms with E-state index in [0.29, 0.717) is 11.3 Å². The quantitative estimate of drug-likeness (QED) is 0.225. The minimum Gasteiger partial charge on any atom is -0.477 e. The average Bonchev–Trinajstić information content (AvgIpc) is 3.24. The van der Waals surface area contributed by atoms with Gasteiger partial charge in [0, 0.05) is 18.3 Å². The molecule has 0 saturated heterocycles. The summed E-state index contributed by atoms with van der Waals surface area (Å²) in [5.74, 6) is -2.99. The monoisotopic (exact) mass is 449 g/mol. The Balaban J connectivity index is 1.55. The van der Waals surface area contributed by atoms with E-state index in [1.165, 1.54) is 0 Å². The minimum absolute atomic E-state index is 0.00551. The van der Waals surface area contributed by atoms with Crippen LogP contribution in [0.5, 0.6) is 0 Å². The standard InChI is InChI=1S/C20H15N7O6/c21-12-13(16(29)15(12)28)25-9-3-1-2-8(4-9)6-23-19(31)10-5-11(20(32)33)27-7-24-14(17(22)30)18(27)26-10/h1-5,7,25H,6,21H2,(H2,22,30)(H,23,31)(H,32,33). The van der Waals surface area contributed by atoms with Gasteiger partial charge in [-0.25, -0.2) is 14.8 Å².